The Balaban J connectivity index is 0.00000264. The minimum Gasteiger partial charge on any atom is -0.464 e. The lowest BCUT2D eigenvalue weighted by atomic mass is 9.91. The maximum Gasteiger partial charge on any atom is 0.191 e. The zero-order chi connectivity index (χ0) is 16.2. The maximum atomic E-state index is 5.65. The second-order valence-corrected chi connectivity index (χ2v) is 7.05. The van der Waals surface area contributed by atoms with E-state index in [1.54, 1.807) is 18.4 Å². The van der Waals surface area contributed by atoms with Gasteiger partial charge >= 0.3 is 0 Å². The molecule has 0 aromatic carbocycles. The van der Waals surface area contributed by atoms with E-state index in [1.807, 2.05) is 19.1 Å². The molecule has 1 atom stereocenters. The zero-order valence-corrected chi connectivity index (χ0v) is 17.5. The minimum atomic E-state index is 0. The van der Waals surface area contributed by atoms with E-state index in [0.717, 1.165) is 24.0 Å². The first-order chi connectivity index (χ1) is 10.4. The van der Waals surface area contributed by atoms with Crippen LogP contribution in [0.4, 0.5) is 0 Å². The highest BCUT2D eigenvalue weighted by atomic mass is 127. The van der Waals surface area contributed by atoms with E-state index in [2.05, 4.69) is 53.9 Å². The van der Waals surface area contributed by atoms with Crippen molar-refractivity contribution in [2.45, 2.75) is 39.2 Å². The van der Waals surface area contributed by atoms with Gasteiger partial charge < -0.3 is 15.1 Å². The van der Waals surface area contributed by atoms with Gasteiger partial charge in [-0.15, -0.1) is 35.3 Å². The van der Waals surface area contributed by atoms with Gasteiger partial charge in [-0.2, -0.15) is 0 Å². The second-order valence-electron chi connectivity index (χ2n) is 6.10. The van der Waals surface area contributed by atoms with Crippen LogP contribution in [0, 0.1) is 6.92 Å². The molecule has 0 saturated carbocycles. The normalized spacial score (nSPS) is 13.3. The molecule has 6 heteroatoms. The molecule has 128 valence electrons. The van der Waals surface area contributed by atoms with Gasteiger partial charge in [-0.3, -0.25) is 4.99 Å². The highest BCUT2D eigenvalue weighted by Gasteiger charge is 2.22. The van der Waals surface area contributed by atoms with Gasteiger partial charge in [0, 0.05) is 23.9 Å². The topological polar surface area (TPSA) is 49.6 Å². The molecule has 0 saturated heterocycles. The number of nitrogens with one attached hydrogen (secondary N) is 2. The number of thiophene rings is 1. The summed E-state index contributed by atoms with van der Waals surface area (Å²) in [6.07, 6.45) is 0. The van der Waals surface area contributed by atoms with Crippen molar-refractivity contribution in [3.63, 3.8) is 0 Å². The first-order valence-corrected chi connectivity index (χ1v) is 8.38. The Hall–Kier alpha value is -1.02. The SMILES string of the molecule is CN=C(NCC(C)(C)c1cccs1)NC(C)c1ccc(C)o1.I. The molecule has 0 aliphatic rings. The molecule has 0 radical (unpaired) electrons. The number of aryl methyl sites for hydroxylation is 1. The molecule has 0 aliphatic heterocycles. The molecular weight excluding hydrogens is 421 g/mol. The van der Waals surface area contributed by atoms with Crippen LogP contribution >= 0.6 is 35.3 Å². The lowest BCUT2D eigenvalue weighted by molar-refractivity contribution is 0.439. The number of nitrogens with zero attached hydrogens (tertiary/aromatic N) is 1. The summed E-state index contributed by atoms with van der Waals surface area (Å²) in [7, 11) is 1.79. The van der Waals surface area contributed by atoms with Crippen molar-refractivity contribution in [2.24, 2.45) is 4.99 Å². The van der Waals surface area contributed by atoms with Crippen LogP contribution in [0.25, 0.3) is 0 Å². The molecular formula is C17H26IN3OS. The van der Waals surface area contributed by atoms with Gasteiger partial charge in [-0.25, -0.2) is 0 Å². The number of hydrogen-bond donors (Lipinski definition) is 2. The molecule has 4 nitrogen and oxygen atoms in total. The molecule has 2 heterocycles. The van der Waals surface area contributed by atoms with Crippen LogP contribution in [0.1, 0.15) is 43.2 Å². The number of aliphatic imine (C=N–C) groups is 1. The molecule has 0 bridgehead atoms. The van der Waals surface area contributed by atoms with E-state index >= 15 is 0 Å². The van der Waals surface area contributed by atoms with Gasteiger partial charge in [0.25, 0.3) is 0 Å². The summed E-state index contributed by atoms with van der Waals surface area (Å²) in [5.41, 5.74) is 0.0658. The van der Waals surface area contributed by atoms with E-state index in [-0.39, 0.29) is 35.4 Å². The fraction of sp³-hybridized carbons (Fsp3) is 0.471. The Morgan fingerprint density at radius 3 is 2.61 bits per heavy atom. The van der Waals surface area contributed by atoms with E-state index in [0.29, 0.717) is 0 Å². The number of furan rings is 1. The van der Waals surface area contributed by atoms with Gasteiger partial charge in [0.15, 0.2) is 5.96 Å². The first-order valence-electron chi connectivity index (χ1n) is 7.50. The van der Waals surface area contributed by atoms with E-state index < -0.39 is 0 Å². The summed E-state index contributed by atoms with van der Waals surface area (Å²) in [6.45, 7) is 9.30. The van der Waals surface area contributed by atoms with Crippen LogP contribution in [0.2, 0.25) is 0 Å². The molecule has 1 unspecified atom stereocenters. The molecule has 0 aliphatic carbocycles. The number of rotatable bonds is 5. The van der Waals surface area contributed by atoms with E-state index in [1.165, 1.54) is 4.88 Å². The van der Waals surface area contributed by atoms with E-state index in [9.17, 15) is 0 Å². The fourth-order valence-electron chi connectivity index (χ4n) is 2.21. The molecule has 2 aromatic rings. The Morgan fingerprint density at radius 2 is 2.09 bits per heavy atom. The number of halogens is 1. The maximum absolute atomic E-state index is 5.65. The standard InChI is InChI=1S/C17H25N3OS.HI/c1-12-8-9-14(21-12)13(2)20-16(18-5)19-11-17(3,4)15-7-6-10-22-15;/h6-10,13H,11H2,1-5H3,(H2,18,19,20);1H. The van der Waals surface area contributed by atoms with Crippen LogP contribution in [0.5, 0.6) is 0 Å². The van der Waals surface area contributed by atoms with Crippen molar-refractivity contribution in [1.82, 2.24) is 10.6 Å². The monoisotopic (exact) mass is 447 g/mol. The third-order valence-corrected chi connectivity index (χ3v) is 4.89. The lowest BCUT2D eigenvalue weighted by Gasteiger charge is -2.25. The number of guanidine groups is 1. The van der Waals surface area contributed by atoms with Crippen LogP contribution in [-0.4, -0.2) is 19.6 Å². The molecule has 0 spiro atoms. The Kier molecular flexibility index (Phi) is 7.60. The molecule has 2 N–H and O–H groups in total. The van der Waals surface area contributed by atoms with Crippen molar-refractivity contribution >= 4 is 41.3 Å². The van der Waals surface area contributed by atoms with Gasteiger partial charge in [-0.05, 0) is 37.4 Å². The van der Waals surface area contributed by atoms with Gasteiger partial charge in [0.2, 0.25) is 0 Å². The summed E-state index contributed by atoms with van der Waals surface area (Å²) >= 11 is 1.79. The van der Waals surface area contributed by atoms with Crippen molar-refractivity contribution in [3.05, 3.63) is 46.0 Å². The summed E-state index contributed by atoms with van der Waals surface area (Å²) < 4.78 is 5.65. The smallest absolute Gasteiger partial charge is 0.191 e. The Morgan fingerprint density at radius 1 is 1.35 bits per heavy atom. The van der Waals surface area contributed by atoms with Gasteiger partial charge in [-0.1, -0.05) is 19.9 Å². The lowest BCUT2D eigenvalue weighted by Crippen LogP contribution is -2.43. The van der Waals surface area contributed by atoms with Crippen LogP contribution in [-0.2, 0) is 5.41 Å². The summed E-state index contributed by atoms with van der Waals surface area (Å²) in [5.74, 6) is 2.62. The van der Waals surface area contributed by atoms with Crippen molar-refractivity contribution in [3.8, 4) is 0 Å². The predicted octanol–water partition coefficient (Wildman–Crippen LogP) is 4.47. The number of hydrogen-bond acceptors (Lipinski definition) is 3. The summed E-state index contributed by atoms with van der Waals surface area (Å²) in [6, 6.07) is 8.32. The van der Waals surface area contributed by atoms with E-state index in [4.69, 9.17) is 4.42 Å². The van der Waals surface area contributed by atoms with Crippen LogP contribution in [0.15, 0.2) is 39.1 Å². The van der Waals surface area contributed by atoms with Crippen molar-refractivity contribution < 1.29 is 4.42 Å². The van der Waals surface area contributed by atoms with Crippen LogP contribution in [0.3, 0.4) is 0 Å². The molecule has 23 heavy (non-hydrogen) atoms. The highest BCUT2D eigenvalue weighted by Crippen LogP contribution is 2.26. The van der Waals surface area contributed by atoms with Gasteiger partial charge in [0.05, 0.1) is 6.04 Å². The predicted molar refractivity (Wildman–Crippen MR) is 109 cm³/mol. The average molecular weight is 447 g/mol. The van der Waals surface area contributed by atoms with Gasteiger partial charge in [0.1, 0.15) is 11.5 Å². The largest absolute Gasteiger partial charge is 0.464 e. The van der Waals surface area contributed by atoms with Crippen molar-refractivity contribution in [2.75, 3.05) is 13.6 Å². The highest BCUT2D eigenvalue weighted by molar-refractivity contribution is 14.0. The first kappa shape index (κ1) is 20.0. The van der Waals surface area contributed by atoms with Crippen molar-refractivity contribution in [1.29, 1.82) is 0 Å². The molecule has 2 rings (SSSR count). The third kappa shape index (κ3) is 5.53. The quantitative estimate of drug-likeness (QED) is 0.404. The van der Waals surface area contributed by atoms with Crippen LogP contribution < -0.4 is 10.6 Å². The zero-order valence-electron chi connectivity index (χ0n) is 14.3. The second kappa shape index (κ2) is 8.73. The molecule has 0 fully saturated rings. The average Bonchev–Trinajstić information content (AvgIpc) is 3.14. The molecule has 0 amide bonds. The summed E-state index contributed by atoms with van der Waals surface area (Å²) in [5, 5.41) is 8.89. The minimum absolute atomic E-state index is 0. The molecule has 2 aromatic heterocycles. The summed E-state index contributed by atoms with van der Waals surface area (Å²) in [4.78, 5) is 5.67. The third-order valence-electron chi connectivity index (χ3n) is 3.65. The Labute approximate surface area is 159 Å². The Bertz CT molecular complexity index is 620. The fourth-order valence-corrected chi connectivity index (χ4v) is 3.06.